The van der Waals surface area contributed by atoms with Gasteiger partial charge in [0.15, 0.2) is 0 Å². The maximum Gasteiger partial charge on any atom is 0.0553 e. The van der Waals surface area contributed by atoms with Crippen molar-refractivity contribution in [2.24, 2.45) is 0 Å². The van der Waals surface area contributed by atoms with Crippen molar-refractivity contribution < 1.29 is 0 Å². The summed E-state index contributed by atoms with van der Waals surface area (Å²) >= 11 is 3.81. The summed E-state index contributed by atoms with van der Waals surface area (Å²) in [6.45, 7) is 4.36. The van der Waals surface area contributed by atoms with Gasteiger partial charge in [0.2, 0.25) is 0 Å². The van der Waals surface area contributed by atoms with Gasteiger partial charge < -0.3 is 0 Å². The first-order valence-corrected chi connectivity index (χ1v) is 5.15. The first-order valence-electron chi connectivity index (χ1n) is 2.58. The molecule has 0 aliphatic carbocycles. The van der Waals surface area contributed by atoms with Crippen molar-refractivity contribution in [3.63, 3.8) is 0 Å². The minimum Gasteiger partial charge on any atom is -0.150 e. The van der Waals surface area contributed by atoms with Crippen LogP contribution in [0, 0.1) is 5.92 Å². The topological polar surface area (TPSA) is 0 Å². The molecule has 0 unspecified atom stereocenters. The van der Waals surface area contributed by atoms with Crippen molar-refractivity contribution in [2.45, 2.75) is 18.4 Å². The van der Waals surface area contributed by atoms with Crippen molar-refractivity contribution in [1.82, 2.24) is 0 Å². The van der Waals surface area contributed by atoms with E-state index in [1.807, 2.05) is 23.5 Å². The van der Waals surface area contributed by atoms with Gasteiger partial charge in [-0.2, -0.15) is 23.5 Å². The molecule has 0 heterocycles. The summed E-state index contributed by atoms with van der Waals surface area (Å²) in [6.07, 6.45) is 4.29. The molecule has 0 amide bonds. The molecule has 0 bridgehead atoms. The van der Waals surface area contributed by atoms with Gasteiger partial charge >= 0.3 is 0 Å². The lowest BCUT2D eigenvalue weighted by Gasteiger charge is -2.13. The molecule has 0 aromatic carbocycles. The first-order chi connectivity index (χ1) is 3.72. The summed E-state index contributed by atoms with van der Waals surface area (Å²) in [6, 6.07) is 0. The van der Waals surface area contributed by atoms with Crippen molar-refractivity contribution in [2.75, 3.05) is 12.5 Å². The molecule has 0 saturated carbocycles. The Bertz CT molecular complexity index is 48.5. The Morgan fingerprint density at radius 3 is 1.50 bits per heavy atom. The SMILES string of the molecule is CSC(SC)[C](C)C. The van der Waals surface area contributed by atoms with E-state index in [4.69, 9.17) is 0 Å². The second-order valence-corrected chi connectivity index (χ2v) is 4.06. The normalized spacial score (nSPS) is 11.2. The average molecular weight is 149 g/mol. The zero-order valence-corrected chi connectivity index (χ0v) is 7.53. The molecule has 0 atom stereocenters. The third-order valence-electron chi connectivity index (χ3n) is 0.900. The van der Waals surface area contributed by atoms with Crippen LogP contribution in [0.25, 0.3) is 0 Å². The quantitative estimate of drug-likeness (QED) is 0.566. The predicted molar refractivity (Wildman–Crippen MR) is 45.4 cm³/mol. The molecule has 0 saturated heterocycles. The highest BCUT2D eigenvalue weighted by atomic mass is 32.2. The van der Waals surface area contributed by atoms with Crippen LogP contribution >= 0.6 is 23.5 Å². The molecule has 8 heavy (non-hydrogen) atoms. The summed E-state index contributed by atoms with van der Waals surface area (Å²) in [5, 5.41) is 0. The summed E-state index contributed by atoms with van der Waals surface area (Å²) in [4.78, 5) is 0. The van der Waals surface area contributed by atoms with E-state index in [-0.39, 0.29) is 0 Å². The van der Waals surface area contributed by atoms with E-state index >= 15 is 0 Å². The van der Waals surface area contributed by atoms with Crippen LogP contribution in [0.5, 0.6) is 0 Å². The molecular weight excluding hydrogens is 136 g/mol. The molecule has 0 aliphatic rings. The van der Waals surface area contributed by atoms with Gasteiger partial charge in [0.1, 0.15) is 0 Å². The summed E-state index contributed by atoms with van der Waals surface area (Å²) < 4.78 is 0.704. The van der Waals surface area contributed by atoms with Crippen LogP contribution in [0.3, 0.4) is 0 Å². The summed E-state index contributed by atoms with van der Waals surface area (Å²) in [5.41, 5.74) is 0. The maximum absolute atomic E-state index is 2.18. The Hall–Kier alpha value is 0.700. The zero-order valence-electron chi connectivity index (χ0n) is 5.89. The Morgan fingerprint density at radius 1 is 1.12 bits per heavy atom. The fourth-order valence-electron chi connectivity index (χ4n) is 0.568. The first kappa shape index (κ1) is 8.70. The van der Waals surface area contributed by atoms with Crippen molar-refractivity contribution in [3.05, 3.63) is 5.92 Å². The van der Waals surface area contributed by atoms with Gasteiger partial charge in [-0.3, -0.25) is 0 Å². The minimum absolute atomic E-state index is 0.704. The van der Waals surface area contributed by atoms with E-state index in [0.29, 0.717) is 4.58 Å². The van der Waals surface area contributed by atoms with Crippen molar-refractivity contribution in [3.8, 4) is 0 Å². The fourth-order valence-corrected chi connectivity index (χ4v) is 2.28. The second kappa shape index (κ2) is 4.57. The average Bonchev–Trinajstić information content (AvgIpc) is 1.69. The third-order valence-corrected chi connectivity index (χ3v) is 3.85. The monoisotopic (exact) mass is 149 g/mol. The summed E-state index contributed by atoms with van der Waals surface area (Å²) in [7, 11) is 0. The molecule has 0 spiro atoms. The van der Waals surface area contributed by atoms with E-state index in [0.717, 1.165) is 0 Å². The van der Waals surface area contributed by atoms with Crippen LogP contribution in [0.2, 0.25) is 0 Å². The molecule has 0 aromatic rings. The lowest BCUT2D eigenvalue weighted by Crippen LogP contribution is -2.01. The number of hydrogen-bond donors (Lipinski definition) is 0. The minimum atomic E-state index is 0.704. The molecule has 0 aromatic heterocycles. The predicted octanol–water partition coefficient (Wildman–Crippen LogP) is 2.65. The lowest BCUT2D eigenvalue weighted by molar-refractivity contribution is 1.08. The molecule has 0 fully saturated rings. The molecule has 0 nitrogen and oxygen atoms in total. The molecule has 49 valence electrons. The smallest absolute Gasteiger partial charge is 0.0553 e. The molecule has 0 rings (SSSR count). The van der Waals surface area contributed by atoms with Crippen molar-refractivity contribution in [1.29, 1.82) is 0 Å². The summed E-state index contributed by atoms with van der Waals surface area (Å²) in [5.74, 6) is 1.50. The number of rotatable bonds is 3. The van der Waals surface area contributed by atoms with Crippen LogP contribution in [0.4, 0.5) is 0 Å². The van der Waals surface area contributed by atoms with Crippen LogP contribution < -0.4 is 0 Å². The van der Waals surface area contributed by atoms with Crippen LogP contribution in [-0.4, -0.2) is 17.1 Å². The van der Waals surface area contributed by atoms with Gasteiger partial charge in [-0.1, -0.05) is 13.8 Å². The zero-order chi connectivity index (χ0) is 6.57. The Balaban J connectivity index is 3.35. The maximum atomic E-state index is 2.18. The molecule has 0 aliphatic heterocycles. The van der Waals surface area contributed by atoms with E-state index < -0.39 is 0 Å². The number of hydrogen-bond acceptors (Lipinski definition) is 2. The van der Waals surface area contributed by atoms with Gasteiger partial charge in [-0.15, -0.1) is 0 Å². The third kappa shape index (κ3) is 2.88. The van der Waals surface area contributed by atoms with E-state index in [1.54, 1.807) is 0 Å². The fraction of sp³-hybridized carbons (Fsp3) is 0.833. The Labute approximate surface area is 60.8 Å². The highest BCUT2D eigenvalue weighted by molar-refractivity contribution is 8.16. The van der Waals surface area contributed by atoms with E-state index in [1.165, 1.54) is 5.92 Å². The van der Waals surface area contributed by atoms with E-state index in [2.05, 4.69) is 26.4 Å². The Morgan fingerprint density at radius 2 is 1.50 bits per heavy atom. The molecule has 2 heteroatoms. The standard InChI is InChI=1S/C6H13S2/c1-5(2)6(7-3)8-4/h6H,1-4H3. The van der Waals surface area contributed by atoms with Gasteiger partial charge in [0.25, 0.3) is 0 Å². The van der Waals surface area contributed by atoms with Crippen LogP contribution in [0.1, 0.15) is 13.8 Å². The van der Waals surface area contributed by atoms with Crippen molar-refractivity contribution >= 4 is 23.5 Å². The molecular formula is C6H13S2. The lowest BCUT2D eigenvalue weighted by atomic mass is 10.3. The molecule has 0 N–H and O–H groups in total. The van der Waals surface area contributed by atoms with Crippen LogP contribution in [-0.2, 0) is 0 Å². The van der Waals surface area contributed by atoms with Gasteiger partial charge in [0, 0.05) is 0 Å². The van der Waals surface area contributed by atoms with E-state index in [9.17, 15) is 0 Å². The van der Waals surface area contributed by atoms with Gasteiger partial charge in [-0.05, 0) is 18.4 Å². The molecule has 1 radical (unpaired) electrons. The van der Waals surface area contributed by atoms with Gasteiger partial charge in [-0.25, -0.2) is 0 Å². The largest absolute Gasteiger partial charge is 0.150 e. The highest BCUT2D eigenvalue weighted by Gasteiger charge is 2.08. The van der Waals surface area contributed by atoms with Gasteiger partial charge in [0.05, 0.1) is 4.58 Å². The number of thioether (sulfide) groups is 2. The highest BCUT2D eigenvalue weighted by Crippen LogP contribution is 2.26. The van der Waals surface area contributed by atoms with Crippen LogP contribution in [0.15, 0.2) is 0 Å². The second-order valence-electron chi connectivity index (χ2n) is 1.88. The Kier molecular flexibility index (Phi) is 4.97.